The normalized spacial score (nSPS) is 18.9. The Hall–Kier alpha value is -1.55. The van der Waals surface area contributed by atoms with Crippen molar-refractivity contribution >= 4 is 5.91 Å². The molecule has 19 heavy (non-hydrogen) atoms. The van der Waals surface area contributed by atoms with Crippen LogP contribution in [0.15, 0.2) is 24.3 Å². The van der Waals surface area contributed by atoms with Gasteiger partial charge in [-0.05, 0) is 44.0 Å². The Morgan fingerprint density at radius 3 is 3.11 bits per heavy atom. The number of hydrogen-bond acceptors (Lipinski definition) is 3. The number of methoxy groups -OCH3 is 1. The molecule has 1 fully saturated rings. The summed E-state index contributed by atoms with van der Waals surface area (Å²) in [5.41, 5.74) is 0.649. The van der Waals surface area contributed by atoms with Crippen LogP contribution < -0.4 is 15.4 Å². The Morgan fingerprint density at radius 1 is 1.47 bits per heavy atom. The molecule has 0 bridgehead atoms. The molecule has 104 valence electrons. The third kappa shape index (κ3) is 4.24. The third-order valence-electron chi connectivity index (χ3n) is 3.52. The molecule has 1 aliphatic rings. The highest BCUT2D eigenvalue weighted by atomic mass is 16.5. The van der Waals surface area contributed by atoms with Gasteiger partial charge in [0.05, 0.1) is 7.11 Å². The molecule has 1 aromatic rings. The summed E-state index contributed by atoms with van der Waals surface area (Å²) in [7, 11) is 1.60. The summed E-state index contributed by atoms with van der Waals surface area (Å²) >= 11 is 0. The summed E-state index contributed by atoms with van der Waals surface area (Å²) in [6.45, 7) is 1.82. The van der Waals surface area contributed by atoms with Gasteiger partial charge < -0.3 is 15.4 Å². The maximum Gasteiger partial charge on any atom is 0.251 e. The first-order chi connectivity index (χ1) is 9.29. The van der Waals surface area contributed by atoms with Crippen molar-refractivity contribution in [2.24, 2.45) is 0 Å². The minimum Gasteiger partial charge on any atom is -0.497 e. The monoisotopic (exact) mass is 262 g/mol. The molecule has 2 N–H and O–H groups in total. The summed E-state index contributed by atoms with van der Waals surface area (Å²) in [5, 5.41) is 6.44. The lowest BCUT2D eigenvalue weighted by Gasteiger charge is -2.23. The molecule has 4 nitrogen and oxygen atoms in total. The second-order valence-electron chi connectivity index (χ2n) is 4.92. The van der Waals surface area contributed by atoms with E-state index in [0.717, 1.165) is 13.0 Å². The SMILES string of the molecule is COc1cccc(C(=O)NCCC2CCCCN2)c1. The van der Waals surface area contributed by atoms with Crippen LogP contribution in [0.5, 0.6) is 5.75 Å². The van der Waals surface area contributed by atoms with Gasteiger partial charge in [-0.15, -0.1) is 0 Å². The molecule has 2 rings (SSSR count). The number of carbonyl (C=O) groups is 1. The van der Waals surface area contributed by atoms with Crippen molar-refractivity contribution in [3.8, 4) is 5.75 Å². The van der Waals surface area contributed by atoms with Crippen LogP contribution in [0.3, 0.4) is 0 Å². The van der Waals surface area contributed by atoms with Crippen LogP contribution in [0.2, 0.25) is 0 Å². The van der Waals surface area contributed by atoms with E-state index in [2.05, 4.69) is 10.6 Å². The fourth-order valence-corrected chi connectivity index (χ4v) is 2.40. The Kier molecular flexibility index (Phi) is 5.21. The number of carbonyl (C=O) groups excluding carboxylic acids is 1. The van der Waals surface area contributed by atoms with Crippen molar-refractivity contribution in [2.75, 3.05) is 20.2 Å². The average Bonchev–Trinajstić information content (AvgIpc) is 2.48. The zero-order valence-electron chi connectivity index (χ0n) is 11.4. The molecule has 0 spiro atoms. The minimum absolute atomic E-state index is 0.0327. The fourth-order valence-electron chi connectivity index (χ4n) is 2.40. The number of benzene rings is 1. The number of hydrogen-bond donors (Lipinski definition) is 2. The molecule has 0 aromatic heterocycles. The van der Waals surface area contributed by atoms with Gasteiger partial charge in [0.2, 0.25) is 0 Å². The van der Waals surface area contributed by atoms with E-state index in [4.69, 9.17) is 4.74 Å². The van der Waals surface area contributed by atoms with Crippen molar-refractivity contribution in [1.82, 2.24) is 10.6 Å². The van der Waals surface area contributed by atoms with Crippen LogP contribution in [0.25, 0.3) is 0 Å². The predicted octanol–water partition coefficient (Wildman–Crippen LogP) is 1.96. The Morgan fingerprint density at radius 2 is 2.37 bits per heavy atom. The number of rotatable bonds is 5. The quantitative estimate of drug-likeness (QED) is 0.853. The molecule has 1 amide bonds. The van der Waals surface area contributed by atoms with Gasteiger partial charge in [-0.1, -0.05) is 12.5 Å². The van der Waals surface area contributed by atoms with Gasteiger partial charge in [0, 0.05) is 18.2 Å². The van der Waals surface area contributed by atoms with E-state index < -0.39 is 0 Å². The van der Waals surface area contributed by atoms with E-state index in [-0.39, 0.29) is 5.91 Å². The highest BCUT2D eigenvalue weighted by molar-refractivity contribution is 5.94. The lowest BCUT2D eigenvalue weighted by Crippen LogP contribution is -2.37. The Labute approximate surface area is 114 Å². The van der Waals surface area contributed by atoms with E-state index in [1.54, 1.807) is 19.2 Å². The molecule has 1 heterocycles. The molecule has 1 aliphatic heterocycles. The zero-order chi connectivity index (χ0) is 13.5. The zero-order valence-corrected chi connectivity index (χ0v) is 11.4. The predicted molar refractivity (Wildman–Crippen MR) is 75.6 cm³/mol. The molecule has 1 unspecified atom stereocenters. The molecule has 1 atom stereocenters. The molecule has 4 heteroatoms. The van der Waals surface area contributed by atoms with Gasteiger partial charge in [-0.25, -0.2) is 0 Å². The molecule has 0 aliphatic carbocycles. The van der Waals surface area contributed by atoms with Gasteiger partial charge >= 0.3 is 0 Å². The third-order valence-corrected chi connectivity index (χ3v) is 3.52. The second kappa shape index (κ2) is 7.14. The van der Waals surface area contributed by atoms with Gasteiger partial charge in [0.25, 0.3) is 5.91 Å². The molecular formula is C15H22N2O2. The van der Waals surface area contributed by atoms with Gasteiger partial charge in [-0.3, -0.25) is 4.79 Å². The van der Waals surface area contributed by atoms with Crippen LogP contribution in [0.1, 0.15) is 36.0 Å². The van der Waals surface area contributed by atoms with Crippen LogP contribution in [0, 0.1) is 0 Å². The summed E-state index contributed by atoms with van der Waals surface area (Å²) in [5.74, 6) is 0.677. The number of piperidine rings is 1. The highest BCUT2D eigenvalue weighted by Gasteiger charge is 2.12. The Bertz CT molecular complexity index is 414. The molecule has 1 saturated heterocycles. The summed E-state index contributed by atoms with van der Waals surface area (Å²) in [6, 6.07) is 7.78. The maximum absolute atomic E-state index is 12.0. The standard InChI is InChI=1S/C15H22N2O2/c1-19-14-7-4-5-12(11-14)15(18)17-10-8-13-6-2-3-9-16-13/h4-5,7,11,13,16H,2-3,6,8-10H2,1H3,(H,17,18). The van der Waals surface area contributed by atoms with Crippen LogP contribution >= 0.6 is 0 Å². The minimum atomic E-state index is -0.0327. The van der Waals surface area contributed by atoms with Crippen molar-refractivity contribution in [1.29, 1.82) is 0 Å². The molecular weight excluding hydrogens is 240 g/mol. The smallest absolute Gasteiger partial charge is 0.251 e. The molecule has 0 saturated carbocycles. The van der Waals surface area contributed by atoms with Crippen molar-refractivity contribution in [3.05, 3.63) is 29.8 Å². The van der Waals surface area contributed by atoms with Crippen molar-refractivity contribution in [3.63, 3.8) is 0 Å². The topological polar surface area (TPSA) is 50.4 Å². The number of ether oxygens (including phenoxy) is 1. The summed E-state index contributed by atoms with van der Waals surface area (Å²) < 4.78 is 5.11. The first-order valence-electron chi connectivity index (χ1n) is 6.95. The van der Waals surface area contributed by atoms with Crippen LogP contribution in [-0.4, -0.2) is 32.1 Å². The van der Waals surface area contributed by atoms with Gasteiger partial charge in [-0.2, -0.15) is 0 Å². The van der Waals surface area contributed by atoms with Crippen LogP contribution in [-0.2, 0) is 0 Å². The summed E-state index contributed by atoms with van der Waals surface area (Å²) in [4.78, 5) is 12.0. The van der Waals surface area contributed by atoms with E-state index in [9.17, 15) is 4.79 Å². The van der Waals surface area contributed by atoms with Crippen LogP contribution in [0.4, 0.5) is 0 Å². The molecule has 1 aromatic carbocycles. The van der Waals surface area contributed by atoms with E-state index in [1.165, 1.54) is 19.3 Å². The lowest BCUT2D eigenvalue weighted by molar-refractivity contribution is 0.0951. The van der Waals surface area contributed by atoms with Crippen molar-refractivity contribution in [2.45, 2.75) is 31.7 Å². The number of amides is 1. The molecule has 0 radical (unpaired) electrons. The summed E-state index contributed by atoms with van der Waals surface area (Å²) in [6.07, 6.45) is 4.78. The Balaban J connectivity index is 1.77. The number of nitrogens with one attached hydrogen (secondary N) is 2. The van der Waals surface area contributed by atoms with E-state index in [1.807, 2.05) is 12.1 Å². The van der Waals surface area contributed by atoms with E-state index in [0.29, 0.717) is 23.9 Å². The largest absolute Gasteiger partial charge is 0.497 e. The first-order valence-corrected chi connectivity index (χ1v) is 6.95. The maximum atomic E-state index is 12.0. The van der Waals surface area contributed by atoms with Gasteiger partial charge in [0.1, 0.15) is 5.75 Å². The second-order valence-corrected chi connectivity index (χ2v) is 4.92. The highest BCUT2D eigenvalue weighted by Crippen LogP contribution is 2.13. The van der Waals surface area contributed by atoms with Crippen molar-refractivity contribution < 1.29 is 9.53 Å². The lowest BCUT2D eigenvalue weighted by atomic mass is 10.0. The van der Waals surface area contributed by atoms with E-state index >= 15 is 0 Å². The average molecular weight is 262 g/mol. The fraction of sp³-hybridized carbons (Fsp3) is 0.533. The first kappa shape index (κ1) is 13.9. The van der Waals surface area contributed by atoms with Gasteiger partial charge in [0.15, 0.2) is 0 Å².